The van der Waals surface area contributed by atoms with Crippen LogP contribution in [0.5, 0.6) is 5.75 Å². The van der Waals surface area contributed by atoms with E-state index in [9.17, 15) is 0 Å². The Morgan fingerprint density at radius 2 is 1.81 bits per heavy atom. The molecule has 0 aliphatic rings. The number of hydrogen-bond acceptors (Lipinski definition) is 2. The van der Waals surface area contributed by atoms with Crippen molar-refractivity contribution in [3.63, 3.8) is 0 Å². The zero-order valence-electron chi connectivity index (χ0n) is 15.0. The predicted octanol–water partition coefficient (Wildman–Crippen LogP) is 4.66. The molecule has 1 rings (SSSR count). The van der Waals surface area contributed by atoms with Gasteiger partial charge < -0.3 is 10.1 Å². The van der Waals surface area contributed by atoms with Crippen molar-refractivity contribution in [3.8, 4) is 5.75 Å². The first-order valence-corrected chi connectivity index (χ1v) is 8.17. The Kier molecular flexibility index (Phi) is 6.73. The molecule has 2 heteroatoms. The molecule has 0 aliphatic heterocycles. The fraction of sp³-hybridized carbons (Fsp3) is 0.684. The van der Waals surface area contributed by atoms with Crippen molar-refractivity contribution in [2.24, 2.45) is 5.41 Å². The molecule has 0 aromatic heterocycles. The van der Waals surface area contributed by atoms with E-state index in [1.54, 1.807) is 7.11 Å². The van der Waals surface area contributed by atoms with Crippen LogP contribution in [0.3, 0.4) is 0 Å². The standard InChI is InChI=1S/C19H33NO/c1-8-11-20-18(19(4,5)6)10-9-16-12-15(3)17(21-7)13-14(16)2/h12-13,18,20H,8-11H2,1-7H3. The summed E-state index contributed by atoms with van der Waals surface area (Å²) in [7, 11) is 1.74. The van der Waals surface area contributed by atoms with Crippen LogP contribution in [-0.4, -0.2) is 19.7 Å². The summed E-state index contributed by atoms with van der Waals surface area (Å²) in [5.74, 6) is 0.993. The Bertz CT molecular complexity index is 446. The fourth-order valence-electron chi connectivity index (χ4n) is 2.80. The van der Waals surface area contributed by atoms with Crippen molar-refractivity contribution >= 4 is 0 Å². The van der Waals surface area contributed by atoms with Gasteiger partial charge in [-0.25, -0.2) is 0 Å². The molecule has 1 atom stereocenters. The fourth-order valence-corrected chi connectivity index (χ4v) is 2.80. The van der Waals surface area contributed by atoms with Gasteiger partial charge in [0.2, 0.25) is 0 Å². The molecule has 2 nitrogen and oxygen atoms in total. The van der Waals surface area contributed by atoms with Crippen LogP contribution in [0.1, 0.15) is 57.2 Å². The first kappa shape index (κ1) is 18.0. The van der Waals surface area contributed by atoms with Gasteiger partial charge in [0, 0.05) is 6.04 Å². The molecule has 0 aliphatic carbocycles. The van der Waals surface area contributed by atoms with Crippen molar-refractivity contribution in [3.05, 3.63) is 28.8 Å². The zero-order chi connectivity index (χ0) is 16.0. The lowest BCUT2D eigenvalue weighted by Gasteiger charge is -2.32. The summed E-state index contributed by atoms with van der Waals surface area (Å²) < 4.78 is 5.40. The maximum absolute atomic E-state index is 5.40. The SMILES string of the molecule is CCCNC(CCc1cc(C)c(OC)cc1C)C(C)(C)C. The van der Waals surface area contributed by atoms with Crippen molar-refractivity contribution in [2.75, 3.05) is 13.7 Å². The third kappa shape index (κ3) is 5.35. The quantitative estimate of drug-likeness (QED) is 0.789. The highest BCUT2D eigenvalue weighted by Crippen LogP contribution is 2.27. The first-order valence-electron chi connectivity index (χ1n) is 8.17. The largest absolute Gasteiger partial charge is 0.496 e. The van der Waals surface area contributed by atoms with Gasteiger partial charge in [0.25, 0.3) is 0 Å². The number of hydrogen-bond donors (Lipinski definition) is 1. The van der Waals surface area contributed by atoms with Gasteiger partial charge in [-0.1, -0.05) is 33.8 Å². The van der Waals surface area contributed by atoms with Gasteiger partial charge in [-0.3, -0.25) is 0 Å². The number of nitrogens with one attached hydrogen (secondary N) is 1. The minimum atomic E-state index is 0.296. The summed E-state index contributed by atoms with van der Waals surface area (Å²) in [5, 5.41) is 3.71. The maximum Gasteiger partial charge on any atom is 0.122 e. The summed E-state index contributed by atoms with van der Waals surface area (Å²) in [6.45, 7) is 14.6. The number of methoxy groups -OCH3 is 1. The smallest absolute Gasteiger partial charge is 0.122 e. The second-order valence-corrected chi connectivity index (χ2v) is 7.16. The highest BCUT2D eigenvalue weighted by Gasteiger charge is 2.23. The Balaban J connectivity index is 2.78. The van der Waals surface area contributed by atoms with Crippen LogP contribution in [0, 0.1) is 19.3 Å². The Hall–Kier alpha value is -1.02. The minimum absolute atomic E-state index is 0.296. The van der Waals surface area contributed by atoms with Crippen LogP contribution < -0.4 is 10.1 Å². The lowest BCUT2D eigenvalue weighted by atomic mass is 9.82. The van der Waals surface area contributed by atoms with E-state index in [2.05, 4.69) is 59.0 Å². The monoisotopic (exact) mass is 291 g/mol. The Labute approximate surface area is 131 Å². The molecule has 21 heavy (non-hydrogen) atoms. The van der Waals surface area contributed by atoms with Crippen LogP contribution in [0.4, 0.5) is 0 Å². The van der Waals surface area contributed by atoms with Crippen molar-refractivity contribution in [1.82, 2.24) is 5.32 Å². The lowest BCUT2D eigenvalue weighted by molar-refractivity contribution is 0.255. The van der Waals surface area contributed by atoms with Gasteiger partial charge >= 0.3 is 0 Å². The second kappa shape index (κ2) is 7.84. The molecular formula is C19H33NO. The van der Waals surface area contributed by atoms with E-state index in [-0.39, 0.29) is 0 Å². The van der Waals surface area contributed by atoms with Gasteiger partial charge in [0.15, 0.2) is 0 Å². The summed E-state index contributed by atoms with van der Waals surface area (Å²) in [4.78, 5) is 0. The molecule has 0 bridgehead atoms. The molecule has 1 N–H and O–H groups in total. The molecule has 120 valence electrons. The normalized spacial score (nSPS) is 13.3. The van der Waals surface area contributed by atoms with E-state index < -0.39 is 0 Å². The number of rotatable bonds is 7. The topological polar surface area (TPSA) is 21.3 Å². The molecule has 0 radical (unpaired) electrons. The van der Waals surface area contributed by atoms with Gasteiger partial charge in [0.1, 0.15) is 5.75 Å². The number of benzene rings is 1. The summed E-state index contributed by atoms with van der Waals surface area (Å²) in [6, 6.07) is 5.00. The average molecular weight is 291 g/mol. The third-order valence-corrected chi connectivity index (χ3v) is 4.24. The van der Waals surface area contributed by atoms with E-state index in [0.29, 0.717) is 11.5 Å². The van der Waals surface area contributed by atoms with Crippen LogP contribution in [0.25, 0.3) is 0 Å². The Morgan fingerprint density at radius 1 is 1.14 bits per heavy atom. The van der Waals surface area contributed by atoms with Crippen LogP contribution >= 0.6 is 0 Å². The summed E-state index contributed by atoms with van der Waals surface area (Å²) in [5.41, 5.74) is 4.30. The van der Waals surface area contributed by atoms with Gasteiger partial charge in [0.05, 0.1) is 7.11 Å². The van der Waals surface area contributed by atoms with Gasteiger partial charge in [-0.2, -0.15) is 0 Å². The first-order chi connectivity index (χ1) is 9.79. The highest BCUT2D eigenvalue weighted by molar-refractivity contribution is 5.41. The molecule has 0 saturated carbocycles. The molecule has 0 saturated heterocycles. The number of ether oxygens (including phenoxy) is 1. The molecule has 0 amide bonds. The van der Waals surface area contributed by atoms with E-state index in [4.69, 9.17) is 4.74 Å². The number of aryl methyl sites for hydroxylation is 3. The average Bonchev–Trinajstić information content (AvgIpc) is 2.40. The molecule has 1 aromatic rings. The maximum atomic E-state index is 5.40. The molecule has 1 aromatic carbocycles. The summed E-state index contributed by atoms with van der Waals surface area (Å²) in [6.07, 6.45) is 3.48. The van der Waals surface area contributed by atoms with Gasteiger partial charge in [-0.05, 0) is 67.8 Å². The summed E-state index contributed by atoms with van der Waals surface area (Å²) >= 11 is 0. The third-order valence-electron chi connectivity index (χ3n) is 4.24. The molecule has 0 fully saturated rings. The zero-order valence-corrected chi connectivity index (χ0v) is 15.0. The van der Waals surface area contributed by atoms with Crippen molar-refractivity contribution in [2.45, 2.75) is 66.8 Å². The Morgan fingerprint density at radius 3 is 2.33 bits per heavy atom. The van der Waals surface area contributed by atoms with E-state index in [1.165, 1.54) is 29.5 Å². The van der Waals surface area contributed by atoms with Crippen molar-refractivity contribution in [1.29, 1.82) is 0 Å². The lowest BCUT2D eigenvalue weighted by Crippen LogP contribution is -2.41. The van der Waals surface area contributed by atoms with Crippen LogP contribution in [0.15, 0.2) is 12.1 Å². The van der Waals surface area contributed by atoms with Crippen LogP contribution in [-0.2, 0) is 6.42 Å². The van der Waals surface area contributed by atoms with Crippen molar-refractivity contribution < 1.29 is 4.74 Å². The molecular weight excluding hydrogens is 258 g/mol. The molecule has 0 heterocycles. The predicted molar refractivity (Wildman–Crippen MR) is 92.3 cm³/mol. The highest BCUT2D eigenvalue weighted by atomic mass is 16.5. The van der Waals surface area contributed by atoms with E-state index in [1.807, 2.05) is 0 Å². The minimum Gasteiger partial charge on any atom is -0.496 e. The van der Waals surface area contributed by atoms with E-state index >= 15 is 0 Å². The van der Waals surface area contributed by atoms with Crippen LogP contribution in [0.2, 0.25) is 0 Å². The molecule has 1 unspecified atom stereocenters. The molecule has 0 spiro atoms. The second-order valence-electron chi connectivity index (χ2n) is 7.16. The van der Waals surface area contributed by atoms with E-state index in [0.717, 1.165) is 18.7 Å². The van der Waals surface area contributed by atoms with Gasteiger partial charge in [-0.15, -0.1) is 0 Å².